The van der Waals surface area contributed by atoms with Crippen LogP contribution in [0.15, 0.2) is 34.9 Å². The van der Waals surface area contributed by atoms with E-state index in [-0.39, 0.29) is 6.61 Å². The molecule has 7 nitrogen and oxygen atoms in total. The van der Waals surface area contributed by atoms with E-state index in [0.717, 1.165) is 55.5 Å². The third-order valence-corrected chi connectivity index (χ3v) is 4.34. The molecule has 0 atom stereocenters. The predicted molar refractivity (Wildman–Crippen MR) is 89.4 cm³/mol. The summed E-state index contributed by atoms with van der Waals surface area (Å²) in [4.78, 5) is 11.7. The summed E-state index contributed by atoms with van der Waals surface area (Å²) >= 11 is 0. The van der Waals surface area contributed by atoms with Gasteiger partial charge in [0.25, 0.3) is 0 Å². The Hall–Kier alpha value is -2.22. The second kappa shape index (κ2) is 6.72. The molecule has 0 spiro atoms. The SMILES string of the molecule is OCc1ccc(Cn2c(CN3CCNCC3)nc3cccnc32)o1. The van der Waals surface area contributed by atoms with Crippen LogP contribution in [0, 0.1) is 0 Å². The van der Waals surface area contributed by atoms with Gasteiger partial charge in [0.05, 0.1) is 13.1 Å². The van der Waals surface area contributed by atoms with Crippen LogP contribution < -0.4 is 5.32 Å². The number of aliphatic hydroxyl groups excluding tert-OH is 1. The van der Waals surface area contributed by atoms with E-state index in [1.54, 1.807) is 12.3 Å². The number of piperazine rings is 1. The number of imidazole rings is 1. The van der Waals surface area contributed by atoms with Crippen LogP contribution in [-0.4, -0.2) is 50.7 Å². The molecular formula is C17H21N5O2. The molecule has 4 heterocycles. The Labute approximate surface area is 139 Å². The van der Waals surface area contributed by atoms with E-state index in [1.807, 2.05) is 18.2 Å². The molecule has 126 valence electrons. The minimum atomic E-state index is -0.0867. The Morgan fingerprint density at radius 2 is 1.96 bits per heavy atom. The Kier molecular flexibility index (Phi) is 4.29. The molecule has 1 aliphatic rings. The number of hydrogen-bond donors (Lipinski definition) is 2. The fourth-order valence-corrected chi connectivity index (χ4v) is 3.11. The Bertz CT molecular complexity index is 819. The van der Waals surface area contributed by atoms with Crippen LogP contribution in [0.2, 0.25) is 0 Å². The van der Waals surface area contributed by atoms with Crippen molar-refractivity contribution in [1.29, 1.82) is 0 Å². The first kappa shape index (κ1) is 15.3. The van der Waals surface area contributed by atoms with E-state index < -0.39 is 0 Å². The molecule has 2 N–H and O–H groups in total. The lowest BCUT2D eigenvalue weighted by atomic mass is 10.3. The molecule has 0 amide bonds. The van der Waals surface area contributed by atoms with Gasteiger partial charge in [-0.15, -0.1) is 0 Å². The minimum Gasteiger partial charge on any atom is -0.462 e. The van der Waals surface area contributed by atoms with Crippen molar-refractivity contribution < 1.29 is 9.52 Å². The highest BCUT2D eigenvalue weighted by Crippen LogP contribution is 2.19. The van der Waals surface area contributed by atoms with Crippen molar-refractivity contribution in [2.24, 2.45) is 0 Å². The van der Waals surface area contributed by atoms with Gasteiger partial charge in [-0.3, -0.25) is 4.90 Å². The van der Waals surface area contributed by atoms with E-state index in [0.29, 0.717) is 12.3 Å². The molecule has 1 fully saturated rings. The summed E-state index contributed by atoms with van der Waals surface area (Å²) in [6.45, 7) is 5.34. The van der Waals surface area contributed by atoms with Crippen molar-refractivity contribution in [1.82, 2.24) is 24.8 Å². The lowest BCUT2D eigenvalue weighted by molar-refractivity contribution is 0.224. The average molecular weight is 327 g/mol. The molecule has 3 aromatic heterocycles. The van der Waals surface area contributed by atoms with Gasteiger partial charge in [0.1, 0.15) is 29.5 Å². The van der Waals surface area contributed by atoms with E-state index >= 15 is 0 Å². The third-order valence-electron chi connectivity index (χ3n) is 4.34. The quantitative estimate of drug-likeness (QED) is 0.727. The van der Waals surface area contributed by atoms with Gasteiger partial charge in [-0.1, -0.05) is 0 Å². The fourth-order valence-electron chi connectivity index (χ4n) is 3.11. The van der Waals surface area contributed by atoms with Crippen molar-refractivity contribution in [2.45, 2.75) is 19.7 Å². The molecule has 0 radical (unpaired) electrons. The number of fused-ring (bicyclic) bond motifs is 1. The predicted octanol–water partition coefficient (Wildman–Crippen LogP) is 0.970. The van der Waals surface area contributed by atoms with Gasteiger partial charge >= 0.3 is 0 Å². The maximum absolute atomic E-state index is 9.18. The summed E-state index contributed by atoms with van der Waals surface area (Å²) in [5.74, 6) is 2.36. The maximum atomic E-state index is 9.18. The minimum absolute atomic E-state index is 0.0867. The fraction of sp³-hybridized carbons (Fsp3) is 0.412. The van der Waals surface area contributed by atoms with Crippen LogP contribution >= 0.6 is 0 Å². The summed E-state index contributed by atoms with van der Waals surface area (Å²) in [5.41, 5.74) is 1.76. The molecule has 4 rings (SSSR count). The summed E-state index contributed by atoms with van der Waals surface area (Å²) < 4.78 is 7.76. The zero-order valence-electron chi connectivity index (χ0n) is 13.5. The second-order valence-corrected chi connectivity index (χ2v) is 6.01. The highest BCUT2D eigenvalue weighted by Gasteiger charge is 2.17. The molecular weight excluding hydrogens is 306 g/mol. The molecule has 0 aliphatic carbocycles. The number of rotatable bonds is 5. The van der Waals surface area contributed by atoms with E-state index in [1.165, 1.54) is 0 Å². The Morgan fingerprint density at radius 3 is 2.75 bits per heavy atom. The third kappa shape index (κ3) is 3.06. The number of nitrogens with one attached hydrogen (secondary N) is 1. The second-order valence-electron chi connectivity index (χ2n) is 6.01. The first-order valence-electron chi connectivity index (χ1n) is 8.25. The van der Waals surface area contributed by atoms with Gasteiger partial charge < -0.3 is 19.4 Å². The van der Waals surface area contributed by atoms with Crippen LogP contribution in [0.4, 0.5) is 0 Å². The lowest BCUT2D eigenvalue weighted by Crippen LogP contribution is -2.43. The normalized spacial score (nSPS) is 16.0. The summed E-state index contributed by atoms with van der Waals surface area (Å²) in [6.07, 6.45) is 1.79. The van der Waals surface area contributed by atoms with Crippen molar-refractivity contribution in [3.63, 3.8) is 0 Å². The van der Waals surface area contributed by atoms with Gasteiger partial charge in [0, 0.05) is 32.4 Å². The molecule has 0 saturated carbocycles. The topological polar surface area (TPSA) is 79.4 Å². The molecule has 7 heteroatoms. The van der Waals surface area contributed by atoms with Gasteiger partial charge in [-0.25, -0.2) is 9.97 Å². The zero-order valence-corrected chi connectivity index (χ0v) is 13.5. The van der Waals surface area contributed by atoms with E-state index in [2.05, 4.69) is 19.8 Å². The van der Waals surface area contributed by atoms with E-state index in [9.17, 15) is 5.11 Å². The van der Waals surface area contributed by atoms with Gasteiger partial charge in [0.2, 0.25) is 0 Å². The number of pyridine rings is 1. The monoisotopic (exact) mass is 327 g/mol. The zero-order chi connectivity index (χ0) is 16.4. The Morgan fingerprint density at radius 1 is 1.12 bits per heavy atom. The van der Waals surface area contributed by atoms with Crippen molar-refractivity contribution >= 4 is 11.2 Å². The van der Waals surface area contributed by atoms with Gasteiger partial charge in [-0.05, 0) is 24.3 Å². The maximum Gasteiger partial charge on any atom is 0.160 e. The highest BCUT2D eigenvalue weighted by atomic mass is 16.4. The van der Waals surface area contributed by atoms with Crippen molar-refractivity contribution in [3.05, 3.63) is 47.8 Å². The molecule has 1 saturated heterocycles. The number of aromatic nitrogens is 3. The first-order chi connectivity index (χ1) is 11.8. The van der Waals surface area contributed by atoms with Crippen LogP contribution in [0.3, 0.4) is 0 Å². The molecule has 0 bridgehead atoms. The smallest absolute Gasteiger partial charge is 0.160 e. The Balaban J connectivity index is 1.66. The van der Waals surface area contributed by atoms with Crippen LogP contribution in [0.1, 0.15) is 17.3 Å². The summed E-state index contributed by atoms with van der Waals surface area (Å²) in [6, 6.07) is 7.60. The first-order valence-corrected chi connectivity index (χ1v) is 8.25. The number of furan rings is 1. The van der Waals surface area contributed by atoms with Crippen LogP contribution in [-0.2, 0) is 19.7 Å². The molecule has 3 aromatic rings. The van der Waals surface area contributed by atoms with Crippen molar-refractivity contribution in [2.75, 3.05) is 26.2 Å². The van der Waals surface area contributed by atoms with E-state index in [4.69, 9.17) is 9.40 Å². The molecule has 0 aromatic carbocycles. The number of aliphatic hydroxyl groups is 1. The standard InChI is InChI=1S/C17H21N5O2/c23-12-14-4-3-13(24-14)10-22-16(11-21-8-6-18-7-9-21)20-15-2-1-5-19-17(15)22/h1-5,18,23H,6-12H2. The molecule has 24 heavy (non-hydrogen) atoms. The summed E-state index contributed by atoms with van der Waals surface area (Å²) in [5, 5.41) is 12.6. The average Bonchev–Trinajstić information content (AvgIpc) is 3.21. The molecule has 0 unspecified atom stereocenters. The summed E-state index contributed by atoms with van der Waals surface area (Å²) in [7, 11) is 0. The van der Waals surface area contributed by atoms with Gasteiger partial charge in [-0.2, -0.15) is 0 Å². The lowest BCUT2D eigenvalue weighted by Gasteiger charge is -2.26. The largest absolute Gasteiger partial charge is 0.462 e. The number of nitrogens with zero attached hydrogens (tertiary/aromatic N) is 4. The van der Waals surface area contributed by atoms with Crippen LogP contribution in [0.25, 0.3) is 11.2 Å². The van der Waals surface area contributed by atoms with Gasteiger partial charge in [0.15, 0.2) is 5.65 Å². The van der Waals surface area contributed by atoms with Crippen LogP contribution in [0.5, 0.6) is 0 Å². The highest BCUT2D eigenvalue weighted by molar-refractivity contribution is 5.71. The molecule has 1 aliphatic heterocycles. The number of hydrogen-bond acceptors (Lipinski definition) is 6. The van der Waals surface area contributed by atoms with Crippen molar-refractivity contribution in [3.8, 4) is 0 Å².